The Morgan fingerprint density at radius 1 is 1.39 bits per heavy atom. The maximum atomic E-state index is 5.77. The Kier molecular flexibility index (Phi) is 4.78. The normalized spacial score (nSPS) is 10.8. The van der Waals surface area contributed by atoms with Crippen LogP contribution < -0.4 is 4.90 Å². The van der Waals surface area contributed by atoms with E-state index in [9.17, 15) is 0 Å². The lowest BCUT2D eigenvalue weighted by Crippen LogP contribution is -2.24. The smallest absolute Gasteiger partial charge is 0.112 e. The summed E-state index contributed by atoms with van der Waals surface area (Å²) in [5.41, 5.74) is 2.98. The molecule has 18 heavy (non-hydrogen) atoms. The summed E-state index contributed by atoms with van der Waals surface area (Å²) in [6, 6.07) is 4.00. The summed E-state index contributed by atoms with van der Waals surface area (Å²) in [5.74, 6) is 0.679. The van der Waals surface area contributed by atoms with Gasteiger partial charge in [0.1, 0.15) is 5.52 Å². The lowest BCUT2D eigenvalue weighted by atomic mass is 10.2. The summed E-state index contributed by atoms with van der Waals surface area (Å²) >= 11 is 9.19. The number of anilines is 1. The highest BCUT2D eigenvalue weighted by Crippen LogP contribution is 2.25. The van der Waals surface area contributed by atoms with Crippen molar-refractivity contribution in [2.24, 2.45) is 0 Å². The summed E-state index contributed by atoms with van der Waals surface area (Å²) in [6.45, 7) is 4.02. The molecule has 0 spiro atoms. The lowest BCUT2D eigenvalue weighted by molar-refractivity contribution is 0.796. The van der Waals surface area contributed by atoms with Gasteiger partial charge in [-0.15, -0.1) is 11.6 Å². The predicted molar refractivity (Wildman–Crippen MR) is 80.5 cm³/mol. The summed E-state index contributed by atoms with van der Waals surface area (Å²) in [7, 11) is 0. The van der Waals surface area contributed by atoms with E-state index in [0.717, 1.165) is 40.7 Å². The Morgan fingerprint density at radius 3 is 2.94 bits per heavy atom. The van der Waals surface area contributed by atoms with Crippen LogP contribution in [0.4, 0.5) is 5.69 Å². The van der Waals surface area contributed by atoms with E-state index >= 15 is 0 Å². The van der Waals surface area contributed by atoms with Gasteiger partial charge in [0.2, 0.25) is 0 Å². The Morgan fingerprint density at radius 2 is 2.22 bits per heavy atom. The molecule has 3 nitrogen and oxygen atoms in total. The highest BCUT2D eigenvalue weighted by Gasteiger charge is 2.10. The lowest BCUT2D eigenvalue weighted by Gasteiger charge is -2.23. The number of halogens is 2. The average Bonchev–Trinajstić information content (AvgIpc) is 2.39. The van der Waals surface area contributed by atoms with Crippen LogP contribution in [0.15, 0.2) is 29.0 Å². The molecule has 0 saturated carbocycles. The van der Waals surface area contributed by atoms with Crippen LogP contribution in [0.2, 0.25) is 0 Å². The van der Waals surface area contributed by atoms with Gasteiger partial charge in [0.05, 0.1) is 11.2 Å². The van der Waals surface area contributed by atoms with Gasteiger partial charge in [0.15, 0.2) is 0 Å². The van der Waals surface area contributed by atoms with Crippen LogP contribution >= 0.6 is 27.5 Å². The molecule has 96 valence electrons. The number of hydrogen-bond acceptors (Lipinski definition) is 3. The van der Waals surface area contributed by atoms with Gasteiger partial charge >= 0.3 is 0 Å². The third-order valence-corrected chi connectivity index (χ3v) is 3.51. The maximum Gasteiger partial charge on any atom is 0.112 e. The van der Waals surface area contributed by atoms with Crippen LogP contribution in [0.1, 0.15) is 13.3 Å². The van der Waals surface area contributed by atoms with Crippen LogP contribution in [0.3, 0.4) is 0 Å². The zero-order valence-corrected chi connectivity index (χ0v) is 12.6. The number of hydrogen-bond donors (Lipinski definition) is 0. The van der Waals surface area contributed by atoms with Gasteiger partial charge in [0, 0.05) is 35.8 Å². The van der Waals surface area contributed by atoms with Gasteiger partial charge in [-0.2, -0.15) is 0 Å². The summed E-state index contributed by atoms with van der Waals surface area (Å²) < 4.78 is 0.948. The van der Waals surface area contributed by atoms with Gasteiger partial charge in [-0.3, -0.25) is 9.97 Å². The molecule has 0 saturated heterocycles. The van der Waals surface area contributed by atoms with Crippen molar-refractivity contribution in [3.63, 3.8) is 0 Å². The first-order valence-electron chi connectivity index (χ1n) is 5.97. The molecule has 2 rings (SSSR count). The molecule has 2 heterocycles. The van der Waals surface area contributed by atoms with Crippen molar-refractivity contribution in [1.82, 2.24) is 9.97 Å². The molecular formula is C13H15BrClN3. The molecule has 0 bridgehead atoms. The molecule has 0 aromatic carbocycles. The van der Waals surface area contributed by atoms with Crippen molar-refractivity contribution in [2.45, 2.75) is 13.3 Å². The topological polar surface area (TPSA) is 29.0 Å². The number of fused-ring (bicyclic) bond motifs is 1. The highest BCUT2D eigenvalue weighted by molar-refractivity contribution is 9.10. The Hall–Kier alpha value is -0.870. The monoisotopic (exact) mass is 327 g/mol. The second-order valence-corrected chi connectivity index (χ2v) is 5.27. The molecule has 0 unspecified atom stereocenters. The molecule has 0 N–H and O–H groups in total. The Bertz CT molecular complexity index is 533. The van der Waals surface area contributed by atoms with Crippen molar-refractivity contribution in [3.8, 4) is 0 Å². The van der Waals surface area contributed by atoms with Crippen molar-refractivity contribution in [3.05, 3.63) is 29.0 Å². The van der Waals surface area contributed by atoms with Crippen LogP contribution in [0, 0.1) is 0 Å². The maximum absolute atomic E-state index is 5.77. The molecule has 0 radical (unpaired) electrons. The fourth-order valence-electron chi connectivity index (χ4n) is 1.95. The number of nitrogens with zero attached hydrogens (tertiary/aromatic N) is 3. The van der Waals surface area contributed by atoms with Crippen LogP contribution in [-0.2, 0) is 0 Å². The van der Waals surface area contributed by atoms with Crippen molar-refractivity contribution >= 4 is 44.3 Å². The summed E-state index contributed by atoms with van der Waals surface area (Å²) in [5, 5.41) is 0. The minimum absolute atomic E-state index is 0.679. The number of pyridine rings is 2. The largest absolute Gasteiger partial charge is 0.370 e. The third-order valence-electron chi connectivity index (χ3n) is 2.81. The van der Waals surface area contributed by atoms with E-state index in [1.54, 1.807) is 0 Å². The first kappa shape index (κ1) is 13.6. The van der Waals surface area contributed by atoms with E-state index in [1.807, 2.05) is 24.5 Å². The van der Waals surface area contributed by atoms with Gasteiger partial charge in [-0.25, -0.2) is 0 Å². The van der Waals surface area contributed by atoms with E-state index in [2.05, 4.69) is 37.7 Å². The van der Waals surface area contributed by atoms with Crippen LogP contribution in [-0.4, -0.2) is 28.9 Å². The molecule has 0 aliphatic rings. The Balaban J connectivity index is 2.42. The van der Waals surface area contributed by atoms with E-state index in [4.69, 9.17) is 11.6 Å². The number of alkyl halides is 1. The van der Waals surface area contributed by atoms with Crippen LogP contribution in [0.25, 0.3) is 11.0 Å². The predicted octanol–water partition coefficient (Wildman–Crippen LogP) is 3.85. The number of aromatic nitrogens is 2. The third kappa shape index (κ3) is 2.93. The minimum atomic E-state index is 0.679. The second-order valence-electron chi connectivity index (χ2n) is 3.97. The molecule has 2 aromatic heterocycles. The van der Waals surface area contributed by atoms with E-state index < -0.39 is 0 Å². The molecule has 0 fully saturated rings. The van der Waals surface area contributed by atoms with Crippen LogP contribution in [0.5, 0.6) is 0 Å². The summed E-state index contributed by atoms with van der Waals surface area (Å²) in [4.78, 5) is 11.1. The molecule has 0 aliphatic carbocycles. The molecule has 0 amide bonds. The molecule has 2 aromatic rings. The van der Waals surface area contributed by atoms with Gasteiger partial charge < -0.3 is 4.90 Å². The van der Waals surface area contributed by atoms with E-state index in [1.165, 1.54) is 0 Å². The van der Waals surface area contributed by atoms with E-state index in [-0.39, 0.29) is 0 Å². The van der Waals surface area contributed by atoms with Crippen molar-refractivity contribution in [2.75, 3.05) is 23.9 Å². The molecule has 5 heteroatoms. The molecule has 0 aliphatic heterocycles. The second kappa shape index (κ2) is 6.34. The van der Waals surface area contributed by atoms with Gasteiger partial charge in [-0.05, 0) is 41.4 Å². The minimum Gasteiger partial charge on any atom is -0.370 e. The fourth-order valence-corrected chi connectivity index (χ4v) is 2.38. The van der Waals surface area contributed by atoms with Gasteiger partial charge in [-0.1, -0.05) is 0 Å². The average molecular weight is 329 g/mol. The summed E-state index contributed by atoms with van der Waals surface area (Å²) in [6.07, 6.45) is 4.60. The zero-order chi connectivity index (χ0) is 13.0. The zero-order valence-electron chi connectivity index (χ0n) is 10.2. The Labute approximate surface area is 120 Å². The first-order valence-corrected chi connectivity index (χ1v) is 7.30. The molecule has 0 atom stereocenters. The van der Waals surface area contributed by atoms with Crippen molar-refractivity contribution < 1.29 is 0 Å². The SMILES string of the molecule is CCN(CCCCl)c1ccnc2cc(Br)cnc12. The quantitative estimate of drug-likeness (QED) is 0.781. The van der Waals surface area contributed by atoms with E-state index in [0.29, 0.717) is 5.88 Å². The first-order chi connectivity index (χ1) is 8.76. The highest BCUT2D eigenvalue weighted by atomic mass is 79.9. The standard InChI is InChI=1S/C13H15BrClN3/c1-2-18(7-3-5-15)12-4-6-16-11-8-10(14)9-17-13(11)12/h4,6,8-9H,2-3,5,7H2,1H3. The van der Waals surface area contributed by atoms with Gasteiger partial charge in [0.25, 0.3) is 0 Å². The fraction of sp³-hybridized carbons (Fsp3) is 0.385. The number of rotatable bonds is 5. The van der Waals surface area contributed by atoms with Crippen molar-refractivity contribution in [1.29, 1.82) is 0 Å². The molecular weight excluding hydrogens is 314 g/mol.